The van der Waals surface area contributed by atoms with Crippen molar-refractivity contribution >= 4 is 29.5 Å². The second kappa shape index (κ2) is 9.66. The number of thioether (sulfide) groups is 1. The van der Waals surface area contributed by atoms with Gasteiger partial charge < -0.3 is 20.9 Å². The monoisotopic (exact) mass is 472 g/mol. The van der Waals surface area contributed by atoms with Crippen LogP contribution in [-0.2, 0) is 20.8 Å². The van der Waals surface area contributed by atoms with E-state index < -0.39 is 12.1 Å². The molecule has 0 spiro atoms. The van der Waals surface area contributed by atoms with Crippen LogP contribution in [0, 0.1) is 5.41 Å². The van der Waals surface area contributed by atoms with Crippen molar-refractivity contribution in [2.24, 2.45) is 5.41 Å². The fourth-order valence-electron chi connectivity index (χ4n) is 5.43. The van der Waals surface area contributed by atoms with Gasteiger partial charge in [0.05, 0.1) is 17.5 Å². The maximum atomic E-state index is 13.7. The molecule has 8 heteroatoms. The van der Waals surface area contributed by atoms with Crippen molar-refractivity contribution in [2.45, 2.75) is 82.4 Å². The van der Waals surface area contributed by atoms with Crippen molar-refractivity contribution in [3.05, 3.63) is 35.4 Å². The number of hydrogen-bond acceptors (Lipinski definition) is 5. The van der Waals surface area contributed by atoms with Gasteiger partial charge in [-0.2, -0.15) is 0 Å². The highest BCUT2D eigenvalue weighted by Crippen LogP contribution is 2.46. The molecule has 1 aromatic carbocycles. The van der Waals surface area contributed by atoms with Crippen LogP contribution in [0.25, 0.3) is 0 Å². The smallest absolute Gasteiger partial charge is 0.246 e. The molecule has 2 saturated heterocycles. The number of nitrogens with zero attached hydrogens (tertiary/aromatic N) is 1. The third kappa shape index (κ3) is 4.78. The molecule has 2 aliphatic heterocycles. The van der Waals surface area contributed by atoms with Gasteiger partial charge >= 0.3 is 0 Å². The van der Waals surface area contributed by atoms with E-state index in [1.807, 2.05) is 12.1 Å². The Hall–Kier alpha value is -2.06. The molecule has 180 valence electrons. The number of hydrogen-bond donors (Lipinski definition) is 3. The van der Waals surface area contributed by atoms with Gasteiger partial charge in [0.2, 0.25) is 17.7 Å². The molecule has 3 aliphatic rings. The summed E-state index contributed by atoms with van der Waals surface area (Å²) in [6.07, 6.45) is 4.31. The Kier molecular flexibility index (Phi) is 7.05. The van der Waals surface area contributed by atoms with E-state index in [0.717, 1.165) is 31.4 Å². The van der Waals surface area contributed by atoms with Crippen molar-refractivity contribution < 1.29 is 14.4 Å². The Morgan fingerprint density at radius 2 is 1.91 bits per heavy atom. The summed E-state index contributed by atoms with van der Waals surface area (Å²) in [6.45, 7) is 5.92. The lowest BCUT2D eigenvalue weighted by Crippen LogP contribution is -2.58. The lowest BCUT2D eigenvalue weighted by Gasteiger charge is -2.36. The second-order valence-corrected chi connectivity index (χ2v) is 11.5. The molecule has 7 nitrogen and oxygen atoms in total. The fourth-order valence-corrected chi connectivity index (χ4v) is 7.01. The van der Waals surface area contributed by atoms with E-state index in [1.54, 1.807) is 30.6 Å². The molecule has 2 unspecified atom stereocenters. The molecule has 3 N–H and O–H groups in total. The molecule has 0 saturated carbocycles. The molecule has 3 amide bonds. The second-order valence-electron chi connectivity index (χ2n) is 10.2. The average molecular weight is 473 g/mol. The van der Waals surface area contributed by atoms with Gasteiger partial charge in [0, 0.05) is 0 Å². The van der Waals surface area contributed by atoms with Gasteiger partial charge in [-0.25, -0.2) is 0 Å². The van der Waals surface area contributed by atoms with E-state index in [0.29, 0.717) is 6.42 Å². The standard InChI is InChI=1S/C25H36N4O3S/c1-15(26-4)22(30)28-19-12-13-33-20-14-25(2,3)21(29(20)24(19)32)23(31)27-18-11-7-9-16-8-5-6-10-17(16)18/h5-6,8,10,15,18-21,26H,7,9,11-14H2,1-4H3,(H,27,31)(H,28,30)/t15-,18+,19-,20?,21?/m0/s1. The van der Waals surface area contributed by atoms with Crippen molar-refractivity contribution in [3.63, 3.8) is 0 Å². The number of fused-ring (bicyclic) bond motifs is 2. The highest BCUT2D eigenvalue weighted by atomic mass is 32.2. The summed E-state index contributed by atoms with van der Waals surface area (Å²) in [7, 11) is 1.72. The number of amides is 3. The van der Waals surface area contributed by atoms with Crippen LogP contribution in [0.1, 0.15) is 63.6 Å². The zero-order valence-corrected chi connectivity index (χ0v) is 20.8. The minimum Gasteiger partial charge on any atom is -0.347 e. The Balaban J connectivity index is 1.56. The maximum Gasteiger partial charge on any atom is 0.246 e. The fraction of sp³-hybridized carbons (Fsp3) is 0.640. The first kappa shape index (κ1) is 24.1. The predicted molar refractivity (Wildman–Crippen MR) is 131 cm³/mol. The van der Waals surface area contributed by atoms with E-state index in [1.165, 1.54) is 11.1 Å². The molecule has 1 aliphatic carbocycles. The maximum absolute atomic E-state index is 13.7. The van der Waals surface area contributed by atoms with Gasteiger partial charge in [0.25, 0.3) is 0 Å². The predicted octanol–water partition coefficient (Wildman–Crippen LogP) is 2.36. The Morgan fingerprint density at radius 3 is 2.67 bits per heavy atom. The largest absolute Gasteiger partial charge is 0.347 e. The Labute approximate surface area is 200 Å². The van der Waals surface area contributed by atoms with Gasteiger partial charge in [-0.05, 0) is 68.4 Å². The zero-order chi connectivity index (χ0) is 23.8. The van der Waals surface area contributed by atoms with Gasteiger partial charge in [-0.1, -0.05) is 38.1 Å². The quantitative estimate of drug-likeness (QED) is 0.612. The molecular weight excluding hydrogens is 436 g/mol. The molecule has 0 bridgehead atoms. The molecule has 0 aromatic heterocycles. The minimum absolute atomic E-state index is 0.0287. The molecule has 33 heavy (non-hydrogen) atoms. The summed E-state index contributed by atoms with van der Waals surface area (Å²) >= 11 is 1.72. The number of carbonyl (C=O) groups is 3. The summed E-state index contributed by atoms with van der Waals surface area (Å²) in [5.74, 6) is 0.342. The number of likely N-dealkylation sites (N-methyl/N-ethyl adjacent to an activating group) is 1. The highest BCUT2D eigenvalue weighted by molar-refractivity contribution is 7.99. The topological polar surface area (TPSA) is 90.5 Å². The molecule has 0 radical (unpaired) electrons. The highest BCUT2D eigenvalue weighted by Gasteiger charge is 2.54. The molecule has 1 aromatic rings. The SMILES string of the molecule is CN[C@@H](C)C(=O)N[C@H]1CCSC2CC(C)(C)C(C(=O)N[C@@H]3CCCc4ccccc43)N2C1=O. The third-order valence-corrected chi connectivity index (χ3v) is 8.63. The third-order valence-electron chi connectivity index (χ3n) is 7.38. The molecule has 2 heterocycles. The number of aryl methyl sites for hydroxylation is 1. The van der Waals surface area contributed by atoms with Gasteiger partial charge in [0.1, 0.15) is 12.1 Å². The average Bonchev–Trinajstić information content (AvgIpc) is 2.99. The van der Waals surface area contributed by atoms with E-state index in [9.17, 15) is 14.4 Å². The number of carbonyl (C=O) groups excluding carboxylic acids is 3. The van der Waals surface area contributed by atoms with Crippen molar-refractivity contribution in [1.82, 2.24) is 20.9 Å². The molecular formula is C25H36N4O3S. The van der Waals surface area contributed by atoms with E-state index in [4.69, 9.17) is 0 Å². The van der Waals surface area contributed by atoms with Crippen LogP contribution in [-0.4, -0.2) is 58.9 Å². The zero-order valence-electron chi connectivity index (χ0n) is 20.0. The van der Waals surface area contributed by atoms with Crippen LogP contribution >= 0.6 is 11.8 Å². The van der Waals surface area contributed by atoms with Gasteiger partial charge in [-0.15, -0.1) is 11.8 Å². The van der Waals surface area contributed by atoms with Crippen molar-refractivity contribution in [3.8, 4) is 0 Å². The van der Waals surface area contributed by atoms with Crippen LogP contribution in [0.5, 0.6) is 0 Å². The Morgan fingerprint density at radius 1 is 1.15 bits per heavy atom. The van der Waals surface area contributed by atoms with Crippen LogP contribution in [0.15, 0.2) is 24.3 Å². The van der Waals surface area contributed by atoms with Gasteiger partial charge in [0.15, 0.2) is 0 Å². The van der Waals surface area contributed by atoms with Crippen LogP contribution in [0.2, 0.25) is 0 Å². The van der Waals surface area contributed by atoms with Crippen LogP contribution in [0.4, 0.5) is 0 Å². The van der Waals surface area contributed by atoms with E-state index in [2.05, 4.69) is 41.9 Å². The first-order chi connectivity index (χ1) is 15.7. The lowest BCUT2D eigenvalue weighted by atomic mass is 9.83. The normalized spacial score (nSPS) is 29.5. The Bertz CT molecular complexity index is 921. The summed E-state index contributed by atoms with van der Waals surface area (Å²) < 4.78 is 0. The molecule has 2 fully saturated rings. The van der Waals surface area contributed by atoms with Crippen LogP contribution in [0.3, 0.4) is 0 Å². The van der Waals surface area contributed by atoms with Gasteiger partial charge in [-0.3, -0.25) is 14.4 Å². The summed E-state index contributed by atoms with van der Waals surface area (Å²) in [4.78, 5) is 41.6. The number of rotatable bonds is 5. The summed E-state index contributed by atoms with van der Waals surface area (Å²) in [5, 5.41) is 9.07. The number of benzene rings is 1. The van der Waals surface area contributed by atoms with E-state index in [-0.39, 0.29) is 40.6 Å². The first-order valence-corrected chi connectivity index (χ1v) is 13.1. The van der Waals surface area contributed by atoms with Crippen LogP contribution < -0.4 is 16.0 Å². The molecule has 4 rings (SSSR count). The molecule has 5 atom stereocenters. The number of nitrogens with one attached hydrogen (secondary N) is 3. The summed E-state index contributed by atoms with van der Waals surface area (Å²) in [6, 6.07) is 6.73. The minimum atomic E-state index is -0.606. The summed E-state index contributed by atoms with van der Waals surface area (Å²) in [5.41, 5.74) is 2.13. The van der Waals surface area contributed by atoms with E-state index >= 15 is 0 Å². The van der Waals surface area contributed by atoms with Crippen molar-refractivity contribution in [1.29, 1.82) is 0 Å². The lowest BCUT2D eigenvalue weighted by molar-refractivity contribution is -0.144. The van der Waals surface area contributed by atoms with Crippen molar-refractivity contribution in [2.75, 3.05) is 12.8 Å². The first-order valence-electron chi connectivity index (χ1n) is 12.0.